The standard InChI is InChI=1S/C17H21FN4OS/c1-11-7-12(2)21-17(20-11)24-10-16(23)19-9-13-5-6-15(22(3)4)14(18)8-13/h5-8H,9-10H2,1-4H3,(H,19,23). The molecule has 0 unspecified atom stereocenters. The number of aryl methyl sites for hydroxylation is 2. The van der Waals surface area contributed by atoms with Crippen LogP contribution in [-0.4, -0.2) is 35.7 Å². The predicted octanol–water partition coefficient (Wildman–Crippen LogP) is 2.71. The first kappa shape index (κ1) is 18.2. The van der Waals surface area contributed by atoms with Gasteiger partial charge in [0.2, 0.25) is 5.91 Å². The van der Waals surface area contributed by atoms with E-state index in [2.05, 4.69) is 15.3 Å². The Morgan fingerprint density at radius 2 is 1.88 bits per heavy atom. The highest BCUT2D eigenvalue weighted by Crippen LogP contribution is 2.18. The molecule has 7 heteroatoms. The largest absolute Gasteiger partial charge is 0.375 e. The van der Waals surface area contributed by atoms with Gasteiger partial charge in [-0.25, -0.2) is 14.4 Å². The number of benzene rings is 1. The number of carbonyl (C=O) groups is 1. The van der Waals surface area contributed by atoms with Gasteiger partial charge in [0.1, 0.15) is 5.82 Å². The third-order valence-electron chi connectivity index (χ3n) is 3.28. The van der Waals surface area contributed by atoms with Crippen molar-refractivity contribution >= 4 is 23.4 Å². The van der Waals surface area contributed by atoms with Crippen LogP contribution in [0.25, 0.3) is 0 Å². The molecule has 0 spiro atoms. The minimum absolute atomic E-state index is 0.139. The SMILES string of the molecule is Cc1cc(C)nc(SCC(=O)NCc2ccc(N(C)C)c(F)c2)n1. The Bertz CT molecular complexity index is 716. The number of hydrogen-bond acceptors (Lipinski definition) is 5. The molecule has 0 saturated carbocycles. The molecule has 24 heavy (non-hydrogen) atoms. The van der Waals surface area contributed by atoms with Gasteiger partial charge in [-0.15, -0.1) is 0 Å². The molecule has 1 N–H and O–H groups in total. The molecular weight excluding hydrogens is 327 g/mol. The van der Waals surface area contributed by atoms with Crippen LogP contribution in [0.3, 0.4) is 0 Å². The van der Waals surface area contributed by atoms with Crippen molar-refractivity contribution in [2.75, 3.05) is 24.7 Å². The van der Waals surface area contributed by atoms with Gasteiger partial charge in [0, 0.05) is 32.0 Å². The van der Waals surface area contributed by atoms with Gasteiger partial charge in [-0.2, -0.15) is 0 Å². The van der Waals surface area contributed by atoms with Crippen molar-refractivity contribution in [1.29, 1.82) is 0 Å². The quantitative estimate of drug-likeness (QED) is 0.642. The van der Waals surface area contributed by atoms with Gasteiger partial charge in [-0.1, -0.05) is 17.8 Å². The lowest BCUT2D eigenvalue weighted by Gasteiger charge is -2.14. The molecule has 2 rings (SSSR count). The molecule has 0 radical (unpaired) electrons. The molecule has 5 nitrogen and oxygen atoms in total. The number of nitrogens with one attached hydrogen (secondary N) is 1. The molecule has 1 heterocycles. The summed E-state index contributed by atoms with van der Waals surface area (Å²) in [6, 6.07) is 6.83. The summed E-state index contributed by atoms with van der Waals surface area (Å²) in [5, 5.41) is 3.37. The number of carbonyl (C=O) groups excluding carboxylic acids is 1. The number of aromatic nitrogens is 2. The zero-order chi connectivity index (χ0) is 17.7. The van der Waals surface area contributed by atoms with Crippen molar-refractivity contribution in [2.45, 2.75) is 25.5 Å². The predicted molar refractivity (Wildman–Crippen MR) is 94.8 cm³/mol. The molecular formula is C17H21FN4OS. The van der Waals surface area contributed by atoms with Crippen LogP contribution >= 0.6 is 11.8 Å². The van der Waals surface area contributed by atoms with E-state index in [1.807, 2.05) is 19.9 Å². The summed E-state index contributed by atoms with van der Waals surface area (Å²) >= 11 is 1.29. The molecule has 1 aromatic heterocycles. The van der Waals surface area contributed by atoms with Crippen LogP contribution in [-0.2, 0) is 11.3 Å². The summed E-state index contributed by atoms with van der Waals surface area (Å²) in [4.78, 5) is 22.2. The molecule has 0 bridgehead atoms. The third-order valence-corrected chi connectivity index (χ3v) is 4.13. The monoisotopic (exact) mass is 348 g/mol. The molecule has 0 fully saturated rings. The second-order valence-electron chi connectivity index (χ2n) is 5.68. The van der Waals surface area contributed by atoms with Crippen molar-refractivity contribution in [2.24, 2.45) is 0 Å². The highest BCUT2D eigenvalue weighted by molar-refractivity contribution is 7.99. The second-order valence-corrected chi connectivity index (χ2v) is 6.62. The normalized spacial score (nSPS) is 10.5. The Kier molecular flexibility index (Phi) is 6.14. The fourth-order valence-corrected chi connectivity index (χ4v) is 2.94. The summed E-state index contributed by atoms with van der Waals surface area (Å²) in [6.45, 7) is 4.08. The fourth-order valence-electron chi connectivity index (χ4n) is 2.16. The average Bonchev–Trinajstić information content (AvgIpc) is 2.49. The average molecular weight is 348 g/mol. The zero-order valence-electron chi connectivity index (χ0n) is 14.3. The smallest absolute Gasteiger partial charge is 0.230 e. The van der Waals surface area contributed by atoms with Crippen molar-refractivity contribution in [3.63, 3.8) is 0 Å². The van der Waals surface area contributed by atoms with Crippen molar-refractivity contribution in [3.8, 4) is 0 Å². The number of nitrogens with zero attached hydrogens (tertiary/aromatic N) is 3. The van der Waals surface area contributed by atoms with Gasteiger partial charge in [0.25, 0.3) is 0 Å². The minimum Gasteiger partial charge on any atom is -0.375 e. The Balaban J connectivity index is 1.86. The highest BCUT2D eigenvalue weighted by Gasteiger charge is 2.08. The van der Waals surface area contributed by atoms with Crippen molar-refractivity contribution in [3.05, 3.63) is 47.0 Å². The van der Waals surface area contributed by atoms with E-state index in [1.165, 1.54) is 17.8 Å². The number of hydrogen-bond donors (Lipinski definition) is 1. The van der Waals surface area contributed by atoms with Gasteiger partial charge in [0.15, 0.2) is 5.16 Å². The summed E-state index contributed by atoms with van der Waals surface area (Å²) in [5.41, 5.74) is 3.00. The van der Waals surface area contributed by atoms with Gasteiger partial charge in [0.05, 0.1) is 11.4 Å². The van der Waals surface area contributed by atoms with Crippen LogP contribution in [0.5, 0.6) is 0 Å². The molecule has 1 aromatic carbocycles. The van der Waals surface area contributed by atoms with Crippen molar-refractivity contribution < 1.29 is 9.18 Å². The Morgan fingerprint density at radius 1 is 1.21 bits per heavy atom. The van der Waals surface area contributed by atoms with Crippen LogP contribution in [0, 0.1) is 19.7 Å². The summed E-state index contributed by atoms with van der Waals surface area (Å²) in [5.74, 6) is -0.217. The van der Waals surface area contributed by atoms with Crippen LogP contribution < -0.4 is 10.2 Å². The Hall–Kier alpha value is -2.15. The molecule has 0 atom stereocenters. The van der Waals surface area contributed by atoms with Gasteiger partial charge in [-0.05, 0) is 37.6 Å². The van der Waals surface area contributed by atoms with E-state index < -0.39 is 0 Å². The topological polar surface area (TPSA) is 58.1 Å². The number of halogens is 1. The second kappa shape index (κ2) is 8.10. The molecule has 0 aliphatic carbocycles. The Morgan fingerprint density at radius 3 is 2.46 bits per heavy atom. The number of thioether (sulfide) groups is 1. The summed E-state index contributed by atoms with van der Waals surface area (Å²) < 4.78 is 13.9. The highest BCUT2D eigenvalue weighted by atomic mass is 32.2. The molecule has 0 aliphatic heterocycles. The first-order valence-electron chi connectivity index (χ1n) is 7.52. The van der Waals surface area contributed by atoms with Gasteiger partial charge >= 0.3 is 0 Å². The first-order chi connectivity index (χ1) is 11.3. The lowest BCUT2D eigenvalue weighted by molar-refractivity contribution is -0.118. The maximum absolute atomic E-state index is 13.9. The maximum Gasteiger partial charge on any atom is 0.230 e. The number of rotatable bonds is 6. The van der Waals surface area contributed by atoms with Crippen molar-refractivity contribution in [1.82, 2.24) is 15.3 Å². The van der Waals surface area contributed by atoms with Gasteiger partial charge < -0.3 is 10.2 Å². The third kappa shape index (κ3) is 5.19. The number of amides is 1. The number of anilines is 1. The van der Waals surface area contributed by atoms with E-state index in [9.17, 15) is 9.18 Å². The molecule has 2 aromatic rings. The maximum atomic E-state index is 13.9. The van der Waals surface area contributed by atoms with Crippen LogP contribution in [0.2, 0.25) is 0 Å². The van der Waals surface area contributed by atoms with E-state index >= 15 is 0 Å². The lowest BCUT2D eigenvalue weighted by Crippen LogP contribution is -2.24. The zero-order valence-corrected chi connectivity index (χ0v) is 15.1. The fraction of sp³-hybridized carbons (Fsp3) is 0.353. The minimum atomic E-state index is -0.301. The van der Waals surface area contributed by atoms with Crippen LogP contribution in [0.15, 0.2) is 29.4 Å². The van der Waals surface area contributed by atoms with E-state index in [1.54, 1.807) is 31.1 Å². The van der Waals surface area contributed by atoms with E-state index in [4.69, 9.17) is 0 Å². The summed E-state index contributed by atoms with van der Waals surface area (Å²) in [7, 11) is 3.57. The molecule has 0 aliphatic rings. The Labute approximate surface area is 145 Å². The summed E-state index contributed by atoms with van der Waals surface area (Å²) in [6.07, 6.45) is 0. The van der Waals surface area contributed by atoms with Gasteiger partial charge in [-0.3, -0.25) is 4.79 Å². The lowest BCUT2D eigenvalue weighted by atomic mass is 10.2. The first-order valence-corrected chi connectivity index (χ1v) is 8.51. The van der Waals surface area contributed by atoms with Crippen LogP contribution in [0.1, 0.15) is 17.0 Å². The van der Waals surface area contributed by atoms with Crippen LogP contribution in [0.4, 0.5) is 10.1 Å². The van der Waals surface area contributed by atoms with E-state index in [0.717, 1.165) is 17.0 Å². The molecule has 1 amide bonds. The molecule has 128 valence electrons. The van der Waals surface area contributed by atoms with E-state index in [-0.39, 0.29) is 24.0 Å². The van der Waals surface area contributed by atoms with E-state index in [0.29, 0.717) is 10.8 Å². The molecule has 0 saturated heterocycles.